The molecule has 0 radical (unpaired) electrons. The first kappa shape index (κ1) is 14.1. The van der Waals surface area contributed by atoms with Crippen LogP contribution in [0.3, 0.4) is 0 Å². The first-order valence-electron chi connectivity index (χ1n) is 4.45. The molecule has 0 heterocycles. The van der Waals surface area contributed by atoms with Crippen molar-refractivity contribution in [3.05, 3.63) is 29.3 Å². The molecular formula is C10H7F2NO4S. The van der Waals surface area contributed by atoms with Gasteiger partial charge in [0.05, 0.1) is 12.1 Å². The monoisotopic (exact) mass is 275 g/mol. The van der Waals surface area contributed by atoms with Crippen LogP contribution in [0, 0.1) is 24.0 Å². The van der Waals surface area contributed by atoms with Crippen LogP contribution >= 0.6 is 0 Å². The average Bonchev–Trinajstić information content (AvgIpc) is 2.29. The Bertz CT molecular complexity index is 634. The van der Waals surface area contributed by atoms with Crippen molar-refractivity contribution in [2.75, 3.05) is 6.54 Å². The summed E-state index contributed by atoms with van der Waals surface area (Å²) in [5, 5.41) is 8.63. The Kier molecular flexibility index (Phi) is 4.00. The first-order chi connectivity index (χ1) is 8.29. The minimum Gasteiger partial charge on any atom is -0.478 e. The summed E-state index contributed by atoms with van der Waals surface area (Å²) in [7, 11) is -4.40. The number of benzene rings is 1. The lowest BCUT2D eigenvalue weighted by molar-refractivity contribution is 0.0696. The van der Waals surface area contributed by atoms with E-state index in [1.165, 1.54) is 0 Å². The second-order valence-corrected chi connectivity index (χ2v) is 4.84. The second-order valence-electron chi connectivity index (χ2n) is 3.10. The van der Waals surface area contributed by atoms with E-state index < -0.39 is 44.6 Å². The van der Waals surface area contributed by atoms with Crippen LogP contribution in [0.15, 0.2) is 17.0 Å². The Labute approximate surface area is 101 Å². The summed E-state index contributed by atoms with van der Waals surface area (Å²) in [6.07, 6.45) is 4.82. The molecule has 0 aliphatic heterocycles. The van der Waals surface area contributed by atoms with Gasteiger partial charge in [0.15, 0.2) is 11.6 Å². The molecule has 0 bridgehead atoms. The van der Waals surface area contributed by atoms with Crippen molar-refractivity contribution in [2.24, 2.45) is 0 Å². The third kappa shape index (κ3) is 2.82. The zero-order valence-corrected chi connectivity index (χ0v) is 9.59. The number of nitrogens with one attached hydrogen (secondary N) is 1. The van der Waals surface area contributed by atoms with Crippen molar-refractivity contribution < 1.29 is 27.1 Å². The number of carboxylic acid groups (broad SMARTS) is 1. The molecule has 2 N–H and O–H groups in total. The predicted molar refractivity (Wildman–Crippen MR) is 57.3 cm³/mol. The molecule has 1 aromatic carbocycles. The maximum absolute atomic E-state index is 13.3. The maximum atomic E-state index is 13.3. The Hall–Kier alpha value is -1.98. The van der Waals surface area contributed by atoms with Gasteiger partial charge >= 0.3 is 5.97 Å². The van der Waals surface area contributed by atoms with E-state index in [9.17, 15) is 22.0 Å². The van der Waals surface area contributed by atoms with Crippen LogP contribution in [0.2, 0.25) is 0 Å². The molecular weight excluding hydrogens is 268 g/mol. The van der Waals surface area contributed by atoms with E-state index in [1.807, 2.05) is 5.92 Å². The number of hydrogen-bond donors (Lipinski definition) is 2. The van der Waals surface area contributed by atoms with E-state index in [2.05, 4.69) is 0 Å². The van der Waals surface area contributed by atoms with Gasteiger partial charge in [0.1, 0.15) is 4.90 Å². The zero-order chi connectivity index (χ0) is 13.9. The highest BCUT2D eigenvalue weighted by Gasteiger charge is 2.24. The molecule has 0 saturated carbocycles. The van der Waals surface area contributed by atoms with Gasteiger partial charge in [-0.25, -0.2) is 22.0 Å². The molecule has 5 nitrogen and oxygen atoms in total. The topological polar surface area (TPSA) is 83.5 Å². The molecule has 0 saturated heterocycles. The summed E-state index contributed by atoms with van der Waals surface area (Å²) in [5.74, 6) is -2.87. The summed E-state index contributed by atoms with van der Waals surface area (Å²) in [6.45, 7) is -0.430. The van der Waals surface area contributed by atoms with Crippen LogP contribution in [0.25, 0.3) is 0 Å². The second kappa shape index (κ2) is 5.12. The highest BCUT2D eigenvalue weighted by atomic mass is 32.2. The van der Waals surface area contributed by atoms with Crippen molar-refractivity contribution in [2.45, 2.75) is 4.90 Å². The first-order valence-corrected chi connectivity index (χ1v) is 5.93. The molecule has 1 aromatic rings. The van der Waals surface area contributed by atoms with Gasteiger partial charge in [-0.2, -0.15) is 4.72 Å². The minimum absolute atomic E-state index is 0.387. The number of hydrogen-bond acceptors (Lipinski definition) is 3. The molecule has 96 valence electrons. The summed E-state index contributed by atoms with van der Waals surface area (Å²) in [6, 6.07) is 0.900. The predicted octanol–water partition coefficient (Wildman–Crippen LogP) is 0.575. The van der Waals surface area contributed by atoms with Crippen molar-refractivity contribution >= 4 is 16.0 Å². The number of rotatable bonds is 4. The number of halogens is 2. The van der Waals surface area contributed by atoms with Gasteiger partial charge in [-0.3, -0.25) is 0 Å². The molecule has 8 heteroatoms. The lowest BCUT2D eigenvalue weighted by Crippen LogP contribution is -2.25. The molecule has 0 fully saturated rings. The van der Waals surface area contributed by atoms with Gasteiger partial charge in [0.25, 0.3) is 0 Å². The molecule has 0 aliphatic carbocycles. The minimum atomic E-state index is -4.40. The molecule has 0 aliphatic rings. The number of carbonyl (C=O) groups is 1. The quantitative estimate of drug-likeness (QED) is 0.787. The fourth-order valence-electron chi connectivity index (χ4n) is 1.10. The number of aromatic carboxylic acids is 1. The maximum Gasteiger partial charge on any atom is 0.335 e. The van der Waals surface area contributed by atoms with Gasteiger partial charge in [0.2, 0.25) is 10.0 Å². The third-order valence-corrected chi connectivity index (χ3v) is 3.30. The molecule has 0 amide bonds. The molecule has 0 atom stereocenters. The average molecular weight is 275 g/mol. The summed E-state index contributed by atoms with van der Waals surface area (Å²) < 4.78 is 51.3. The van der Waals surface area contributed by atoms with Crippen LogP contribution < -0.4 is 4.72 Å². The molecule has 18 heavy (non-hydrogen) atoms. The van der Waals surface area contributed by atoms with Crippen LogP contribution in [-0.4, -0.2) is 26.0 Å². The number of terminal acetylenes is 1. The Balaban J connectivity index is 3.41. The highest BCUT2D eigenvalue weighted by molar-refractivity contribution is 7.89. The standard InChI is InChI=1S/C10H7F2NO4S/c1-2-3-13-18(16,17)8-5-6(10(14)15)4-7(11)9(8)12/h1,4-5,13H,3H2,(H,14,15). The Morgan fingerprint density at radius 1 is 1.44 bits per heavy atom. The summed E-state index contributed by atoms with van der Waals surface area (Å²) in [5.41, 5.74) is -0.685. The van der Waals surface area contributed by atoms with Gasteiger partial charge in [-0.1, -0.05) is 5.92 Å². The van der Waals surface area contributed by atoms with Crippen LogP contribution in [0.4, 0.5) is 8.78 Å². The number of carboxylic acids is 1. The van der Waals surface area contributed by atoms with Crippen molar-refractivity contribution in [3.8, 4) is 12.3 Å². The van der Waals surface area contributed by atoms with E-state index in [-0.39, 0.29) is 0 Å². The fraction of sp³-hybridized carbons (Fsp3) is 0.100. The lowest BCUT2D eigenvalue weighted by Gasteiger charge is -2.07. The normalized spacial score (nSPS) is 10.9. The Morgan fingerprint density at radius 3 is 2.56 bits per heavy atom. The van der Waals surface area contributed by atoms with Crippen LogP contribution in [0.5, 0.6) is 0 Å². The SMILES string of the molecule is C#CCNS(=O)(=O)c1cc(C(=O)O)cc(F)c1F. The zero-order valence-electron chi connectivity index (χ0n) is 8.78. The smallest absolute Gasteiger partial charge is 0.335 e. The van der Waals surface area contributed by atoms with E-state index in [1.54, 1.807) is 4.72 Å². The fourth-order valence-corrected chi connectivity index (χ4v) is 2.14. The lowest BCUT2D eigenvalue weighted by atomic mass is 10.2. The molecule has 0 aromatic heterocycles. The van der Waals surface area contributed by atoms with E-state index in [0.717, 1.165) is 0 Å². The van der Waals surface area contributed by atoms with Crippen LogP contribution in [-0.2, 0) is 10.0 Å². The molecule has 0 unspecified atom stereocenters. The van der Waals surface area contributed by atoms with Gasteiger partial charge in [-0.05, 0) is 12.1 Å². The van der Waals surface area contributed by atoms with Crippen molar-refractivity contribution in [1.82, 2.24) is 4.72 Å². The largest absolute Gasteiger partial charge is 0.478 e. The van der Waals surface area contributed by atoms with Crippen molar-refractivity contribution in [3.63, 3.8) is 0 Å². The summed E-state index contributed by atoms with van der Waals surface area (Å²) >= 11 is 0. The third-order valence-electron chi connectivity index (χ3n) is 1.90. The van der Waals surface area contributed by atoms with Gasteiger partial charge < -0.3 is 5.11 Å². The summed E-state index contributed by atoms with van der Waals surface area (Å²) in [4.78, 5) is 9.52. The van der Waals surface area contributed by atoms with Gasteiger partial charge in [-0.15, -0.1) is 6.42 Å². The van der Waals surface area contributed by atoms with Crippen LogP contribution in [0.1, 0.15) is 10.4 Å². The highest BCUT2D eigenvalue weighted by Crippen LogP contribution is 2.19. The number of sulfonamides is 1. The van der Waals surface area contributed by atoms with Crippen molar-refractivity contribution in [1.29, 1.82) is 0 Å². The molecule has 0 spiro atoms. The van der Waals surface area contributed by atoms with E-state index >= 15 is 0 Å². The molecule has 1 rings (SSSR count). The van der Waals surface area contributed by atoms with Gasteiger partial charge in [0, 0.05) is 0 Å². The van der Waals surface area contributed by atoms with E-state index in [0.29, 0.717) is 12.1 Å². The van der Waals surface area contributed by atoms with E-state index in [4.69, 9.17) is 11.5 Å². The Morgan fingerprint density at radius 2 is 2.06 bits per heavy atom.